The Kier molecular flexibility index (Phi) is 5.09. The molecule has 1 aliphatic heterocycles. The minimum atomic E-state index is -0.00105. The molecule has 3 N–H and O–H groups in total. The summed E-state index contributed by atoms with van der Waals surface area (Å²) in [5, 5.41) is 6.16. The van der Waals surface area contributed by atoms with E-state index in [-0.39, 0.29) is 5.91 Å². The van der Waals surface area contributed by atoms with Crippen molar-refractivity contribution in [2.24, 2.45) is 0 Å². The highest BCUT2D eigenvalue weighted by Gasteiger charge is 2.18. The maximum atomic E-state index is 12.8. The van der Waals surface area contributed by atoms with E-state index in [9.17, 15) is 4.79 Å². The zero-order chi connectivity index (χ0) is 19.7. The van der Waals surface area contributed by atoms with Crippen LogP contribution in [0.2, 0.25) is 0 Å². The number of rotatable bonds is 5. The fraction of sp³-hybridized carbons (Fsp3) is 0.348. The summed E-state index contributed by atoms with van der Waals surface area (Å²) in [5.41, 5.74) is 4.64. The number of aromatic nitrogens is 2. The van der Waals surface area contributed by atoms with Gasteiger partial charge in [0.25, 0.3) is 5.91 Å². The molecule has 1 saturated heterocycles. The molecule has 3 heterocycles. The molecule has 0 radical (unpaired) electrons. The second kappa shape index (κ2) is 7.68. The van der Waals surface area contributed by atoms with E-state index in [0.29, 0.717) is 6.54 Å². The number of fused-ring (bicyclic) bond motifs is 1. The first-order valence-electron chi connectivity index (χ1n) is 10.0. The van der Waals surface area contributed by atoms with Crippen LogP contribution in [0, 0.1) is 13.8 Å². The van der Waals surface area contributed by atoms with Crippen molar-refractivity contribution in [3.8, 4) is 0 Å². The number of aromatic amines is 2. The maximum Gasteiger partial charge on any atom is 0.253 e. The Hall–Kier alpha value is -2.79. The molecule has 0 unspecified atom stereocenters. The normalized spacial score (nSPS) is 15.6. The van der Waals surface area contributed by atoms with E-state index < -0.39 is 0 Å². The van der Waals surface area contributed by atoms with Crippen molar-refractivity contribution in [2.75, 3.05) is 26.2 Å². The number of nitrogens with one attached hydrogen (secondary N) is 3. The van der Waals surface area contributed by atoms with E-state index in [1.807, 2.05) is 32.0 Å². The fourth-order valence-corrected chi connectivity index (χ4v) is 4.21. The first-order chi connectivity index (χ1) is 13.5. The molecule has 5 heteroatoms. The Morgan fingerprint density at radius 2 is 1.96 bits per heavy atom. The van der Waals surface area contributed by atoms with Gasteiger partial charge in [-0.05, 0) is 57.5 Å². The maximum absolute atomic E-state index is 12.8. The molecule has 5 nitrogen and oxygen atoms in total. The van der Waals surface area contributed by atoms with Gasteiger partial charge < -0.3 is 20.2 Å². The lowest BCUT2D eigenvalue weighted by atomic mass is 10.1. The zero-order valence-electron chi connectivity index (χ0n) is 16.7. The Balaban J connectivity index is 1.59. The molecule has 1 fully saturated rings. The number of carbonyl (C=O) groups excluding carboxylic acids is 1. The molecule has 1 aliphatic rings. The summed E-state index contributed by atoms with van der Waals surface area (Å²) < 4.78 is 0. The molecule has 28 heavy (non-hydrogen) atoms. The number of H-pyrrole nitrogens is 2. The Labute approximate surface area is 165 Å². The number of amides is 1. The van der Waals surface area contributed by atoms with Gasteiger partial charge in [0.2, 0.25) is 0 Å². The van der Waals surface area contributed by atoms with E-state index in [4.69, 9.17) is 0 Å². The topological polar surface area (TPSA) is 63.9 Å². The third kappa shape index (κ3) is 3.50. The van der Waals surface area contributed by atoms with Gasteiger partial charge in [0, 0.05) is 45.9 Å². The zero-order valence-corrected chi connectivity index (χ0v) is 16.7. The lowest BCUT2D eigenvalue weighted by Gasteiger charge is -2.14. The van der Waals surface area contributed by atoms with E-state index in [2.05, 4.69) is 38.9 Å². The highest BCUT2D eigenvalue weighted by Crippen LogP contribution is 2.18. The van der Waals surface area contributed by atoms with Crippen LogP contribution >= 0.6 is 0 Å². The molecule has 2 aromatic heterocycles. The summed E-state index contributed by atoms with van der Waals surface area (Å²) in [4.78, 5) is 21.9. The predicted molar refractivity (Wildman–Crippen MR) is 115 cm³/mol. The Bertz CT molecular complexity index is 1120. The van der Waals surface area contributed by atoms with E-state index in [1.54, 1.807) is 0 Å². The fourth-order valence-electron chi connectivity index (χ4n) is 4.21. The summed E-state index contributed by atoms with van der Waals surface area (Å²) in [6.45, 7) is 12.0. The Morgan fingerprint density at radius 1 is 1.21 bits per heavy atom. The number of benzene rings is 1. The number of likely N-dealkylation sites (tertiary alicyclic amines) is 1. The smallest absolute Gasteiger partial charge is 0.253 e. The second-order valence-electron chi connectivity index (χ2n) is 7.68. The molecule has 0 saturated carbocycles. The minimum absolute atomic E-state index is 0.00105. The summed E-state index contributed by atoms with van der Waals surface area (Å²) in [5.74, 6) is -0.00105. The summed E-state index contributed by atoms with van der Waals surface area (Å²) in [7, 11) is 0. The van der Waals surface area contributed by atoms with Crippen molar-refractivity contribution in [1.82, 2.24) is 20.2 Å². The summed E-state index contributed by atoms with van der Waals surface area (Å²) >= 11 is 0. The highest BCUT2D eigenvalue weighted by atomic mass is 16.1. The first-order valence-corrected chi connectivity index (χ1v) is 10.0. The van der Waals surface area contributed by atoms with E-state index in [0.717, 1.165) is 63.6 Å². The van der Waals surface area contributed by atoms with Crippen molar-refractivity contribution in [1.29, 1.82) is 0 Å². The van der Waals surface area contributed by atoms with Crippen LogP contribution in [0.25, 0.3) is 23.6 Å². The van der Waals surface area contributed by atoms with Crippen molar-refractivity contribution in [2.45, 2.75) is 26.7 Å². The Morgan fingerprint density at radius 3 is 2.75 bits per heavy atom. The third-order valence-corrected chi connectivity index (χ3v) is 5.73. The minimum Gasteiger partial charge on any atom is -0.358 e. The highest BCUT2D eigenvalue weighted by molar-refractivity contribution is 5.98. The van der Waals surface area contributed by atoms with E-state index in [1.165, 1.54) is 12.8 Å². The quantitative estimate of drug-likeness (QED) is 0.639. The molecular formula is C23H28N4O. The number of hydrogen-bond donors (Lipinski definition) is 3. The average Bonchev–Trinajstić information content (AvgIpc) is 3.35. The monoisotopic (exact) mass is 376 g/mol. The SMILES string of the molecule is C=c1[nH]c2ccccc2/c1=C/c1[nH]c(C)c(C(=O)NCCN2CCCC2)c1C. The van der Waals surface area contributed by atoms with Crippen molar-refractivity contribution >= 4 is 29.5 Å². The van der Waals surface area contributed by atoms with Gasteiger partial charge in [-0.25, -0.2) is 0 Å². The number of para-hydroxylation sites is 1. The largest absolute Gasteiger partial charge is 0.358 e. The van der Waals surface area contributed by atoms with Gasteiger partial charge in [-0.15, -0.1) is 0 Å². The predicted octanol–water partition coefficient (Wildman–Crippen LogP) is 2.18. The number of aryl methyl sites for hydroxylation is 1. The van der Waals surface area contributed by atoms with Gasteiger partial charge in [-0.1, -0.05) is 24.8 Å². The first kappa shape index (κ1) is 18.6. The molecular weight excluding hydrogens is 348 g/mol. The van der Waals surface area contributed by atoms with Gasteiger partial charge in [-0.3, -0.25) is 4.79 Å². The second-order valence-corrected chi connectivity index (χ2v) is 7.68. The standard InChI is InChI=1S/C23H28N4O/c1-15-21(14-19-16(2)25-20-9-5-4-8-18(19)20)26-17(3)22(15)23(28)24-10-13-27-11-6-7-12-27/h4-5,8-9,14,25-26H,2,6-7,10-13H2,1,3H3,(H,24,28)/b19-14+. The average molecular weight is 377 g/mol. The molecule has 146 valence electrons. The van der Waals surface area contributed by atoms with Crippen LogP contribution < -0.4 is 15.9 Å². The van der Waals surface area contributed by atoms with Crippen LogP contribution in [0.3, 0.4) is 0 Å². The van der Waals surface area contributed by atoms with Gasteiger partial charge in [0.1, 0.15) is 0 Å². The van der Waals surface area contributed by atoms with Crippen LogP contribution in [0.1, 0.15) is 40.2 Å². The van der Waals surface area contributed by atoms with Crippen LogP contribution in [-0.2, 0) is 0 Å². The molecule has 0 atom stereocenters. The third-order valence-electron chi connectivity index (χ3n) is 5.73. The lowest BCUT2D eigenvalue weighted by molar-refractivity contribution is 0.0948. The van der Waals surface area contributed by atoms with E-state index >= 15 is 0 Å². The van der Waals surface area contributed by atoms with Crippen LogP contribution in [0.5, 0.6) is 0 Å². The van der Waals surface area contributed by atoms with Gasteiger partial charge in [0.05, 0.1) is 5.56 Å². The van der Waals surface area contributed by atoms with Crippen LogP contribution in [0.4, 0.5) is 0 Å². The van der Waals surface area contributed by atoms with Crippen LogP contribution in [0.15, 0.2) is 24.3 Å². The number of hydrogen-bond acceptors (Lipinski definition) is 2. The lowest BCUT2D eigenvalue weighted by Crippen LogP contribution is -2.33. The molecule has 3 aromatic rings. The molecule has 0 aliphatic carbocycles. The van der Waals surface area contributed by atoms with Crippen LogP contribution in [-0.4, -0.2) is 47.0 Å². The van der Waals surface area contributed by atoms with Crippen molar-refractivity contribution in [3.05, 3.63) is 57.3 Å². The van der Waals surface area contributed by atoms with Gasteiger partial charge in [-0.2, -0.15) is 0 Å². The summed E-state index contributed by atoms with van der Waals surface area (Å²) in [6.07, 6.45) is 4.63. The number of nitrogens with zero attached hydrogens (tertiary/aromatic N) is 1. The molecule has 0 bridgehead atoms. The van der Waals surface area contributed by atoms with Gasteiger partial charge in [0.15, 0.2) is 0 Å². The number of carbonyl (C=O) groups is 1. The summed E-state index contributed by atoms with van der Waals surface area (Å²) in [6, 6.07) is 8.17. The molecule has 4 rings (SSSR count). The molecule has 0 spiro atoms. The molecule has 1 aromatic carbocycles. The van der Waals surface area contributed by atoms with Crippen molar-refractivity contribution < 1.29 is 4.79 Å². The van der Waals surface area contributed by atoms with Crippen molar-refractivity contribution in [3.63, 3.8) is 0 Å². The van der Waals surface area contributed by atoms with Gasteiger partial charge >= 0.3 is 0 Å². The molecule has 1 amide bonds.